The Kier molecular flexibility index (Phi) is 4.50. The van der Waals surface area contributed by atoms with Gasteiger partial charge in [-0.05, 0) is 30.4 Å². The van der Waals surface area contributed by atoms with E-state index in [1.54, 1.807) is 0 Å². The highest BCUT2D eigenvalue weighted by atomic mass is 16.3. The van der Waals surface area contributed by atoms with Crippen molar-refractivity contribution >= 4 is 0 Å². The van der Waals surface area contributed by atoms with Crippen molar-refractivity contribution in [2.45, 2.75) is 19.3 Å². The minimum absolute atomic E-state index is 0.204. The van der Waals surface area contributed by atoms with Gasteiger partial charge in [0.05, 0.1) is 0 Å². The molecule has 0 aliphatic heterocycles. The van der Waals surface area contributed by atoms with E-state index in [2.05, 4.69) is 12.1 Å². The lowest BCUT2D eigenvalue weighted by Crippen LogP contribution is -1.92. The summed E-state index contributed by atoms with van der Waals surface area (Å²) in [6, 6.07) is 8.17. The fourth-order valence-corrected chi connectivity index (χ4v) is 1.28. The first kappa shape index (κ1) is 10.2. The Labute approximate surface area is 78.8 Å². The van der Waals surface area contributed by atoms with Gasteiger partial charge in [-0.15, -0.1) is 0 Å². The van der Waals surface area contributed by atoms with Gasteiger partial charge in [-0.2, -0.15) is 0 Å². The normalized spacial score (nSPS) is 10.3. The predicted octanol–water partition coefficient (Wildman–Crippen LogP) is 1.15. The number of hydrogen-bond acceptors (Lipinski definition) is 2. The van der Waals surface area contributed by atoms with E-state index in [0.29, 0.717) is 0 Å². The van der Waals surface area contributed by atoms with E-state index in [9.17, 15) is 0 Å². The molecule has 0 spiro atoms. The number of aliphatic hydroxyl groups is 2. The topological polar surface area (TPSA) is 40.5 Å². The Morgan fingerprint density at radius 3 is 1.77 bits per heavy atom. The molecule has 0 unspecified atom stereocenters. The van der Waals surface area contributed by atoms with Crippen molar-refractivity contribution in [2.75, 3.05) is 13.2 Å². The third-order valence-electron chi connectivity index (χ3n) is 2.05. The lowest BCUT2D eigenvalue weighted by molar-refractivity contribution is 0.288. The van der Waals surface area contributed by atoms with Crippen LogP contribution in [0, 0.1) is 0 Å². The quantitative estimate of drug-likeness (QED) is 0.713. The zero-order valence-corrected chi connectivity index (χ0v) is 7.74. The zero-order valence-electron chi connectivity index (χ0n) is 7.74. The molecule has 0 fully saturated rings. The highest BCUT2D eigenvalue weighted by Gasteiger charge is 1.94. The minimum Gasteiger partial charge on any atom is -0.396 e. The second-order valence-electron chi connectivity index (χ2n) is 3.12. The van der Waals surface area contributed by atoms with Gasteiger partial charge in [0.1, 0.15) is 0 Å². The summed E-state index contributed by atoms with van der Waals surface area (Å²) in [4.78, 5) is 0. The van der Waals surface area contributed by atoms with Gasteiger partial charge in [0.2, 0.25) is 0 Å². The molecule has 0 aliphatic carbocycles. The SMILES string of the molecule is OCCCc1ccc(CCO)cc1. The number of aryl methyl sites for hydroxylation is 1. The molecule has 1 rings (SSSR count). The van der Waals surface area contributed by atoms with Gasteiger partial charge in [0.25, 0.3) is 0 Å². The summed E-state index contributed by atoms with van der Waals surface area (Å²) in [6.07, 6.45) is 2.47. The predicted molar refractivity (Wildman–Crippen MR) is 52.6 cm³/mol. The molecular formula is C11H16O2. The summed E-state index contributed by atoms with van der Waals surface area (Å²) in [5, 5.41) is 17.3. The third kappa shape index (κ3) is 3.57. The van der Waals surface area contributed by atoms with Crippen LogP contribution in [0.15, 0.2) is 24.3 Å². The van der Waals surface area contributed by atoms with Crippen LogP contribution in [0.2, 0.25) is 0 Å². The maximum atomic E-state index is 8.70. The number of rotatable bonds is 5. The van der Waals surface area contributed by atoms with Crippen LogP contribution < -0.4 is 0 Å². The second-order valence-corrected chi connectivity index (χ2v) is 3.12. The monoisotopic (exact) mass is 180 g/mol. The van der Waals surface area contributed by atoms with Crippen molar-refractivity contribution in [3.63, 3.8) is 0 Å². The largest absolute Gasteiger partial charge is 0.396 e. The molecule has 0 radical (unpaired) electrons. The smallest absolute Gasteiger partial charge is 0.0471 e. The Bertz CT molecular complexity index is 228. The molecule has 72 valence electrons. The highest BCUT2D eigenvalue weighted by Crippen LogP contribution is 2.06. The molecule has 1 aromatic carbocycles. The van der Waals surface area contributed by atoms with Gasteiger partial charge in [-0.1, -0.05) is 24.3 Å². The van der Waals surface area contributed by atoms with Gasteiger partial charge in [0.15, 0.2) is 0 Å². The fourth-order valence-electron chi connectivity index (χ4n) is 1.28. The first-order valence-electron chi connectivity index (χ1n) is 4.66. The van der Waals surface area contributed by atoms with Crippen molar-refractivity contribution in [2.24, 2.45) is 0 Å². The van der Waals surface area contributed by atoms with Crippen LogP contribution in [0.3, 0.4) is 0 Å². The van der Waals surface area contributed by atoms with Crippen LogP contribution in [-0.4, -0.2) is 23.4 Å². The van der Waals surface area contributed by atoms with Crippen molar-refractivity contribution in [1.29, 1.82) is 0 Å². The van der Waals surface area contributed by atoms with Crippen molar-refractivity contribution in [3.05, 3.63) is 35.4 Å². The minimum atomic E-state index is 0.204. The summed E-state index contributed by atoms with van der Waals surface area (Å²) in [5.74, 6) is 0. The number of aliphatic hydroxyl groups excluding tert-OH is 2. The Hall–Kier alpha value is -0.860. The maximum absolute atomic E-state index is 8.70. The molecule has 0 amide bonds. The van der Waals surface area contributed by atoms with Crippen LogP contribution in [0.1, 0.15) is 17.5 Å². The Morgan fingerprint density at radius 1 is 0.769 bits per heavy atom. The molecule has 0 heterocycles. The molecule has 0 saturated heterocycles. The van der Waals surface area contributed by atoms with E-state index >= 15 is 0 Å². The van der Waals surface area contributed by atoms with Gasteiger partial charge >= 0.3 is 0 Å². The van der Waals surface area contributed by atoms with E-state index in [1.807, 2.05) is 12.1 Å². The molecule has 0 saturated carbocycles. The van der Waals surface area contributed by atoms with Gasteiger partial charge in [0, 0.05) is 13.2 Å². The van der Waals surface area contributed by atoms with Crippen LogP contribution >= 0.6 is 0 Å². The summed E-state index contributed by atoms with van der Waals surface area (Å²) in [5.41, 5.74) is 2.41. The van der Waals surface area contributed by atoms with Gasteiger partial charge in [-0.25, -0.2) is 0 Å². The first-order chi connectivity index (χ1) is 6.36. The molecule has 0 aromatic heterocycles. The fraction of sp³-hybridized carbons (Fsp3) is 0.455. The van der Waals surface area contributed by atoms with Gasteiger partial charge < -0.3 is 10.2 Å². The lowest BCUT2D eigenvalue weighted by Gasteiger charge is -2.01. The van der Waals surface area contributed by atoms with Crippen molar-refractivity contribution in [1.82, 2.24) is 0 Å². The van der Waals surface area contributed by atoms with E-state index in [4.69, 9.17) is 10.2 Å². The summed E-state index contributed by atoms with van der Waals surface area (Å²) < 4.78 is 0. The van der Waals surface area contributed by atoms with E-state index in [-0.39, 0.29) is 13.2 Å². The van der Waals surface area contributed by atoms with Crippen molar-refractivity contribution in [3.8, 4) is 0 Å². The third-order valence-corrected chi connectivity index (χ3v) is 2.05. The maximum Gasteiger partial charge on any atom is 0.0471 e. The van der Waals surface area contributed by atoms with E-state index < -0.39 is 0 Å². The number of benzene rings is 1. The molecule has 0 aliphatic rings. The molecule has 0 atom stereocenters. The standard InChI is InChI=1S/C11H16O2/c12-8-1-2-10-3-5-11(6-4-10)7-9-13/h3-6,12-13H,1-2,7-9H2. The first-order valence-corrected chi connectivity index (χ1v) is 4.66. The number of hydrogen-bond donors (Lipinski definition) is 2. The molecule has 0 bridgehead atoms. The van der Waals surface area contributed by atoms with Gasteiger partial charge in [-0.3, -0.25) is 0 Å². The van der Waals surface area contributed by atoms with E-state index in [0.717, 1.165) is 24.8 Å². The summed E-state index contributed by atoms with van der Waals surface area (Å²) in [7, 11) is 0. The van der Waals surface area contributed by atoms with E-state index in [1.165, 1.54) is 5.56 Å². The molecule has 13 heavy (non-hydrogen) atoms. The van der Waals surface area contributed by atoms with Crippen LogP contribution in [-0.2, 0) is 12.8 Å². The molecule has 1 aromatic rings. The summed E-state index contributed by atoms with van der Waals surface area (Å²) >= 11 is 0. The van der Waals surface area contributed by atoms with Crippen molar-refractivity contribution < 1.29 is 10.2 Å². The molecule has 2 heteroatoms. The highest BCUT2D eigenvalue weighted by molar-refractivity contribution is 5.22. The summed E-state index contributed by atoms with van der Waals surface area (Å²) in [6.45, 7) is 0.453. The lowest BCUT2D eigenvalue weighted by atomic mass is 10.1. The average Bonchev–Trinajstić information content (AvgIpc) is 2.17. The van der Waals surface area contributed by atoms with Crippen LogP contribution in [0.25, 0.3) is 0 Å². The Balaban J connectivity index is 2.48. The van der Waals surface area contributed by atoms with Crippen LogP contribution in [0.4, 0.5) is 0 Å². The zero-order chi connectivity index (χ0) is 9.52. The molecule has 2 nitrogen and oxygen atoms in total. The molecule has 2 N–H and O–H groups in total. The average molecular weight is 180 g/mol. The Morgan fingerprint density at radius 2 is 1.31 bits per heavy atom. The second kappa shape index (κ2) is 5.73. The van der Waals surface area contributed by atoms with Crippen LogP contribution in [0.5, 0.6) is 0 Å². The molecular weight excluding hydrogens is 164 g/mol.